The first-order valence-corrected chi connectivity index (χ1v) is 5.73. The molecule has 16 heavy (non-hydrogen) atoms. The molecular weight excluding hydrogens is 234 g/mol. The van der Waals surface area contributed by atoms with Crippen LogP contribution in [-0.4, -0.2) is 23.3 Å². The first-order chi connectivity index (χ1) is 7.50. The van der Waals surface area contributed by atoms with Crippen LogP contribution in [-0.2, 0) is 4.79 Å². The summed E-state index contributed by atoms with van der Waals surface area (Å²) in [6.45, 7) is 1.57. The third-order valence-electron chi connectivity index (χ3n) is 2.10. The van der Waals surface area contributed by atoms with Gasteiger partial charge in [0.25, 0.3) is 0 Å². The van der Waals surface area contributed by atoms with Gasteiger partial charge in [-0.25, -0.2) is 8.78 Å². The Labute approximate surface area is 96.7 Å². The Morgan fingerprint density at radius 1 is 1.50 bits per heavy atom. The summed E-state index contributed by atoms with van der Waals surface area (Å²) in [5, 5.41) is 8.82. The fourth-order valence-electron chi connectivity index (χ4n) is 1.18. The summed E-state index contributed by atoms with van der Waals surface area (Å²) in [5.41, 5.74) is 0.631. The molecule has 1 rings (SSSR count). The Kier molecular flexibility index (Phi) is 4.73. The van der Waals surface area contributed by atoms with Gasteiger partial charge in [-0.3, -0.25) is 4.79 Å². The van der Waals surface area contributed by atoms with Crippen molar-refractivity contribution in [3.8, 4) is 0 Å². The van der Waals surface area contributed by atoms with Crippen LogP contribution in [0, 0.1) is 0 Å². The van der Waals surface area contributed by atoms with E-state index in [-0.39, 0.29) is 5.75 Å². The van der Waals surface area contributed by atoms with Crippen LogP contribution in [0.4, 0.5) is 8.78 Å². The van der Waals surface area contributed by atoms with Gasteiger partial charge in [0, 0.05) is 4.90 Å². The average Bonchev–Trinajstić information content (AvgIpc) is 2.25. The molecule has 0 aliphatic rings. The second kappa shape index (κ2) is 5.84. The van der Waals surface area contributed by atoms with E-state index in [1.54, 1.807) is 31.2 Å². The van der Waals surface area contributed by atoms with Gasteiger partial charge in [-0.2, -0.15) is 0 Å². The molecule has 2 nitrogen and oxygen atoms in total. The summed E-state index contributed by atoms with van der Waals surface area (Å²) in [6, 6.07) is 6.71. The van der Waals surface area contributed by atoms with Crippen LogP contribution in [0.5, 0.6) is 0 Å². The van der Waals surface area contributed by atoms with E-state index in [1.165, 1.54) is 0 Å². The van der Waals surface area contributed by atoms with E-state index in [2.05, 4.69) is 0 Å². The molecule has 1 unspecified atom stereocenters. The summed E-state index contributed by atoms with van der Waals surface area (Å²) in [5.74, 6) is -1.81. The van der Waals surface area contributed by atoms with Crippen molar-refractivity contribution in [3.05, 3.63) is 29.8 Å². The summed E-state index contributed by atoms with van der Waals surface area (Å²) in [7, 11) is 0. The van der Waals surface area contributed by atoms with Crippen LogP contribution in [0.25, 0.3) is 0 Å². The van der Waals surface area contributed by atoms with Crippen LogP contribution in [0.2, 0.25) is 0 Å². The van der Waals surface area contributed by atoms with Gasteiger partial charge >= 0.3 is 5.97 Å². The number of aliphatic carboxylic acids is 1. The van der Waals surface area contributed by atoms with E-state index < -0.39 is 18.3 Å². The SMILES string of the molecule is CC(C(=O)O)c1cccc(SCC(F)F)c1. The van der Waals surface area contributed by atoms with Crippen molar-refractivity contribution in [1.82, 2.24) is 0 Å². The summed E-state index contributed by atoms with van der Waals surface area (Å²) >= 11 is 1.03. The predicted octanol–water partition coefficient (Wildman–Crippen LogP) is 3.23. The minimum Gasteiger partial charge on any atom is -0.481 e. The van der Waals surface area contributed by atoms with E-state index in [1.807, 2.05) is 0 Å². The van der Waals surface area contributed by atoms with Crippen LogP contribution in [0.15, 0.2) is 29.2 Å². The second-order valence-electron chi connectivity index (χ2n) is 3.33. The molecule has 88 valence electrons. The highest BCUT2D eigenvalue weighted by Crippen LogP contribution is 2.24. The predicted molar refractivity (Wildman–Crippen MR) is 59.2 cm³/mol. The van der Waals surface area contributed by atoms with Gasteiger partial charge in [0.2, 0.25) is 6.43 Å². The highest BCUT2D eigenvalue weighted by atomic mass is 32.2. The van der Waals surface area contributed by atoms with Crippen molar-refractivity contribution in [2.75, 3.05) is 5.75 Å². The van der Waals surface area contributed by atoms with Gasteiger partial charge in [0.15, 0.2) is 0 Å². The number of halogens is 2. The smallest absolute Gasteiger partial charge is 0.310 e. The van der Waals surface area contributed by atoms with Crippen LogP contribution >= 0.6 is 11.8 Å². The molecule has 1 N–H and O–H groups in total. The Morgan fingerprint density at radius 3 is 2.75 bits per heavy atom. The van der Waals surface area contributed by atoms with Gasteiger partial charge in [0.05, 0.1) is 11.7 Å². The highest BCUT2D eigenvalue weighted by Gasteiger charge is 2.14. The number of alkyl halides is 2. The number of benzene rings is 1. The summed E-state index contributed by atoms with van der Waals surface area (Å²) in [6.07, 6.45) is -2.36. The maximum atomic E-state index is 12.0. The van der Waals surface area contributed by atoms with Crippen molar-refractivity contribution < 1.29 is 18.7 Å². The molecule has 0 aromatic heterocycles. The van der Waals surface area contributed by atoms with Crippen LogP contribution < -0.4 is 0 Å². The van der Waals surface area contributed by atoms with Gasteiger partial charge < -0.3 is 5.11 Å². The first-order valence-electron chi connectivity index (χ1n) is 4.74. The van der Waals surface area contributed by atoms with Gasteiger partial charge in [-0.15, -0.1) is 11.8 Å². The molecule has 0 amide bonds. The molecule has 0 aliphatic carbocycles. The summed E-state index contributed by atoms with van der Waals surface area (Å²) < 4.78 is 24.0. The van der Waals surface area contributed by atoms with Crippen molar-refractivity contribution in [1.29, 1.82) is 0 Å². The quantitative estimate of drug-likeness (QED) is 0.810. The Bertz CT molecular complexity index is 369. The maximum absolute atomic E-state index is 12.0. The summed E-state index contributed by atoms with van der Waals surface area (Å²) in [4.78, 5) is 11.4. The minimum atomic E-state index is -2.36. The molecule has 0 bridgehead atoms. The van der Waals surface area contributed by atoms with Gasteiger partial charge in [-0.1, -0.05) is 12.1 Å². The highest BCUT2D eigenvalue weighted by molar-refractivity contribution is 7.99. The molecule has 0 spiro atoms. The normalized spacial score (nSPS) is 12.8. The fraction of sp³-hybridized carbons (Fsp3) is 0.364. The van der Waals surface area contributed by atoms with Crippen LogP contribution in [0.1, 0.15) is 18.4 Å². The van der Waals surface area contributed by atoms with E-state index in [0.717, 1.165) is 11.8 Å². The third-order valence-corrected chi connectivity index (χ3v) is 3.11. The number of hydrogen-bond donors (Lipinski definition) is 1. The fourth-order valence-corrected chi connectivity index (χ4v) is 1.89. The van der Waals surface area contributed by atoms with E-state index in [0.29, 0.717) is 10.5 Å². The monoisotopic (exact) mass is 246 g/mol. The molecular formula is C11H12F2O2S. The second-order valence-corrected chi connectivity index (χ2v) is 4.43. The lowest BCUT2D eigenvalue weighted by atomic mass is 10.0. The molecule has 0 fully saturated rings. The van der Waals surface area contributed by atoms with Crippen LogP contribution in [0.3, 0.4) is 0 Å². The molecule has 1 aromatic carbocycles. The third kappa shape index (κ3) is 3.81. The Morgan fingerprint density at radius 2 is 2.19 bits per heavy atom. The van der Waals surface area contributed by atoms with Gasteiger partial charge in [0.1, 0.15) is 0 Å². The molecule has 5 heteroatoms. The van der Waals surface area contributed by atoms with E-state index in [9.17, 15) is 13.6 Å². The lowest BCUT2D eigenvalue weighted by molar-refractivity contribution is -0.138. The average molecular weight is 246 g/mol. The number of carbonyl (C=O) groups is 1. The van der Waals surface area contributed by atoms with Crippen molar-refractivity contribution in [2.45, 2.75) is 24.2 Å². The Balaban J connectivity index is 2.74. The molecule has 0 radical (unpaired) electrons. The maximum Gasteiger partial charge on any atom is 0.310 e. The van der Waals surface area contributed by atoms with Gasteiger partial charge in [-0.05, 0) is 24.6 Å². The zero-order valence-electron chi connectivity index (χ0n) is 8.69. The zero-order valence-corrected chi connectivity index (χ0v) is 9.51. The first kappa shape index (κ1) is 13.0. The number of rotatable bonds is 5. The molecule has 0 saturated heterocycles. The zero-order chi connectivity index (χ0) is 12.1. The minimum absolute atomic E-state index is 0.273. The van der Waals surface area contributed by atoms with E-state index in [4.69, 9.17) is 5.11 Å². The largest absolute Gasteiger partial charge is 0.481 e. The molecule has 1 aromatic rings. The molecule has 1 atom stereocenters. The van der Waals surface area contributed by atoms with E-state index >= 15 is 0 Å². The number of carboxylic acid groups (broad SMARTS) is 1. The molecule has 0 saturated carbocycles. The van der Waals surface area contributed by atoms with Crippen molar-refractivity contribution >= 4 is 17.7 Å². The van der Waals surface area contributed by atoms with Crippen molar-refractivity contribution in [2.24, 2.45) is 0 Å². The van der Waals surface area contributed by atoms with Crippen molar-refractivity contribution in [3.63, 3.8) is 0 Å². The molecule has 0 heterocycles. The number of thioether (sulfide) groups is 1. The number of hydrogen-bond acceptors (Lipinski definition) is 2. The lowest BCUT2D eigenvalue weighted by Gasteiger charge is -2.08. The Hall–Kier alpha value is -1.10. The lowest BCUT2D eigenvalue weighted by Crippen LogP contribution is -2.07. The number of carboxylic acids is 1. The topological polar surface area (TPSA) is 37.3 Å². The molecule has 0 aliphatic heterocycles. The standard InChI is InChI=1S/C11H12F2O2S/c1-7(11(14)15)8-3-2-4-9(5-8)16-6-10(12)13/h2-5,7,10H,6H2,1H3,(H,14,15).